The molecule has 0 heterocycles. The van der Waals surface area contributed by atoms with Gasteiger partial charge in [0.15, 0.2) is 0 Å². The van der Waals surface area contributed by atoms with Crippen LogP contribution in [0.15, 0.2) is 0 Å². The molecule has 0 nitrogen and oxygen atoms in total. The summed E-state index contributed by atoms with van der Waals surface area (Å²) in [7, 11) is 0. The maximum Gasteiger partial charge on any atom is -0.0355 e. The molecule has 1 fully saturated rings. The van der Waals surface area contributed by atoms with E-state index in [1.807, 2.05) is 0 Å². The van der Waals surface area contributed by atoms with Crippen molar-refractivity contribution in [1.29, 1.82) is 0 Å². The molecule has 0 N–H and O–H groups in total. The van der Waals surface area contributed by atoms with Gasteiger partial charge in [0.2, 0.25) is 0 Å². The summed E-state index contributed by atoms with van der Waals surface area (Å²) in [5.74, 6) is 4.99. The standard InChI is InChI=1S/C15H30/c1-6-8-14-10-15(14)13(5)12(4)9-11(3)7-2/h11-15H,6-10H2,1-5H3. The SMILES string of the molecule is CCCC1CC1C(C)C(C)CC(C)CC. The van der Waals surface area contributed by atoms with E-state index in [4.69, 9.17) is 0 Å². The second-order valence-corrected chi connectivity index (χ2v) is 6.03. The van der Waals surface area contributed by atoms with E-state index >= 15 is 0 Å². The fourth-order valence-corrected chi connectivity index (χ4v) is 3.06. The molecule has 1 rings (SSSR count). The van der Waals surface area contributed by atoms with E-state index in [1.165, 1.54) is 32.1 Å². The lowest BCUT2D eigenvalue weighted by molar-refractivity contribution is 0.272. The topological polar surface area (TPSA) is 0 Å². The van der Waals surface area contributed by atoms with E-state index in [1.54, 1.807) is 0 Å². The molecule has 0 saturated heterocycles. The molecule has 0 aliphatic heterocycles. The minimum absolute atomic E-state index is 0.922. The third-order valence-electron chi connectivity index (χ3n) is 4.68. The Hall–Kier alpha value is 0. The van der Waals surface area contributed by atoms with Gasteiger partial charge in [-0.1, -0.05) is 53.9 Å². The van der Waals surface area contributed by atoms with Gasteiger partial charge in [0, 0.05) is 0 Å². The van der Waals surface area contributed by atoms with Gasteiger partial charge < -0.3 is 0 Å². The highest BCUT2D eigenvalue weighted by atomic mass is 14.5. The molecule has 90 valence electrons. The van der Waals surface area contributed by atoms with Crippen LogP contribution in [0.2, 0.25) is 0 Å². The molecule has 0 amide bonds. The van der Waals surface area contributed by atoms with E-state index in [0.717, 1.165) is 29.6 Å². The molecule has 1 saturated carbocycles. The summed E-state index contributed by atoms with van der Waals surface area (Å²) in [5, 5.41) is 0. The molecule has 0 spiro atoms. The summed E-state index contributed by atoms with van der Waals surface area (Å²) in [6.45, 7) is 12.0. The molecule has 0 heteroatoms. The first-order valence-electron chi connectivity index (χ1n) is 7.10. The minimum atomic E-state index is 0.922. The van der Waals surface area contributed by atoms with Crippen LogP contribution < -0.4 is 0 Å². The average molecular weight is 210 g/mol. The monoisotopic (exact) mass is 210 g/mol. The van der Waals surface area contributed by atoms with Crippen LogP contribution in [0.3, 0.4) is 0 Å². The highest BCUT2D eigenvalue weighted by Gasteiger charge is 2.41. The summed E-state index contributed by atoms with van der Waals surface area (Å²) >= 11 is 0. The van der Waals surface area contributed by atoms with Crippen molar-refractivity contribution in [2.45, 2.75) is 66.7 Å². The zero-order valence-electron chi connectivity index (χ0n) is 11.4. The number of hydrogen-bond acceptors (Lipinski definition) is 0. The van der Waals surface area contributed by atoms with Gasteiger partial charge in [0.25, 0.3) is 0 Å². The smallest absolute Gasteiger partial charge is 0.0355 e. The van der Waals surface area contributed by atoms with E-state index in [0.29, 0.717) is 0 Å². The third kappa shape index (κ3) is 3.81. The first-order valence-corrected chi connectivity index (χ1v) is 7.10. The number of rotatable bonds is 7. The fourth-order valence-electron chi connectivity index (χ4n) is 3.06. The van der Waals surface area contributed by atoms with Crippen molar-refractivity contribution in [3.05, 3.63) is 0 Å². The highest BCUT2D eigenvalue weighted by molar-refractivity contribution is 4.91. The number of hydrogen-bond donors (Lipinski definition) is 0. The zero-order chi connectivity index (χ0) is 11.4. The Kier molecular flexibility index (Phi) is 5.15. The predicted octanol–water partition coefficient (Wildman–Crippen LogP) is 5.13. The summed E-state index contributed by atoms with van der Waals surface area (Å²) in [5.41, 5.74) is 0. The first kappa shape index (κ1) is 13.1. The van der Waals surface area contributed by atoms with E-state index in [-0.39, 0.29) is 0 Å². The van der Waals surface area contributed by atoms with Crippen LogP contribution >= 0.6 is 0 Å². The van der Waals surface area contributed by atoms with Crippen molar-refractivity contribution >= 4 is 0 Å². The van der Waals surface area contributed by atoms with Crippen molar-refractivity contribution in [1.82, 2.24) is 0 Å². The molecule has 0 bridgehead atoms. The molecule has 1 aliphatic carbocycles. The molecule has 0 radical (unpaired) electrons. The van der Waals surface area contributed by atoms with E-state index in [2.05, 4.69) is 34.6 Å². The van der Waals surface area contributed by atoms with Crippen molar-refractivity contribution in [3.8, 4) is 0 Å². The van der Waals surface area contributed by atoms with Crippen LogP contribution in [-0.2, 0) is 0 Å². The average Bonchev–Trinajstić information content (AvgIpc) is 2.96. The fraction of sp³-hybridized carbons (Fsp3) is 1.00. The lowest BCUT2D eigenvalue weighted by Gasteiger charge is -2.23. The lowest BCUT2D eigenvalue weighted by Crippen LogP contribution is -2.14. The highest BCUT2D eigenvalue weighted by Crippen LogP contribution is 2.50. The van der Waals surface area contributed by atoms with E-state index < -0.39 is 0 Å². The molecule has 5 unspecified atom stereocenters. The zero-order valence-corrected chi connectivity index (χ0v) is 11.4. The quantitative estimate of drug-likeness (QED) is 0.546. The van der Waals surface area contributed by atoms with Crippen LogP contribution in [0.4, 0.5) is 0 Å². The molecule has 0 aromatic heterocycles. The minimum Gasteiger partial charge on any atom is -0.0654 e. The Morgan fingerprint density at radius 1 is 1.13 bits per heavy atom. The lowest BCUT2D eigenvalue weighted by atomic mass is 9.83. The van der Waals surface area contributed by atoms with Gasteiger partial charge in [-0.05, 0) is 42.4 Å². The van der Waals surface area contributed by atoms with Crippen LogP contribution in [0.25, 0.3) is 0 Å². The van der Waals surface area contributed by atoms with Crippen molar-refractivity contribution in [2.75, 3.05) is 0 Å². The van der Waals surface area contributed by atoms with Gasteiger partial charge in [-0.25, -0.2) is 0 Å². The van der Waals surface area contributed by atoms with Crippen molar-refractivity contribution < 1.29 is 0 Å². The third-order valence-corrected chi connectivity index (χ3v) is 4.68. The Morgan fingerprint density at radius 2 is 1.80 bits per heavy atom. The summed E-state index contributed by atoms with van der Waals surface area (Å²) < 4.78 is 0. The molecule has 15 heavy (non-hydrogen) atoms. The molecule has 0 aromatic carbocycles. The Labute approximate surface area is 96.8 Å². The van der Waals surface area contributed by atoms with Gasteiger partial charge in [0.05, 0.1) is 0 Å². The Morgan fingerprint density at radius 3 is 2.33 bits per heavy atom. The molecular formula is C15H30. The molecule has 0 aromatic rings. The van der Waals surface area contributed by atoms with Gasteiger partial charge in [-0.15, -0.1) is 0 Å². The second-order valence-electron chi connectivity index (χ2n) is 6.03. The first-order chi connectivity index (χ1) is 7.10. The van der Waals surface area contributed by atoms with Gasteiger partial charge in [-0.3, -0.25) is 0 Å². The molecule has 1 aliphatic rings. The second kappa shape index (κ2) is 5.92. The predicted molar refractivity (Wildman–Crippen MR) is 68.9 cm³/mol. The normalized spacial score (nSPS) is 31.0. The maximum atomic E-state index is 2.49. The van der Waals surface area contributed by atoms with E-state index in [9.17, 15) is 0 Å². The summed E-state index contributed by atoms with van der Waals surface area (Å²) in [6, 6.07) is 0. The van der Waals surface area contributed by atoms with Crippen LogP contribution in [0, 0.1) is 29.6 Å². The largest absolute Gasteiger partial charge is 0.0654 e. The van der Waals surface area contributed by atoms with Crippen LogP contribution in [0.5, 0.6) is 0 Å². The Bertz CT molecular complexity index is 173. The van der Waals surface area contributed by atoms with Gasteiger partial charge in [-0.2, -0.15) is 0 Å². The Balaban J connectivity index is 2.25. The van der Waals surface area contributed by atoms with Crippen molar-refractivity contribution in [3.63, 3.8) is 0 Å². The van der Waals surface area contributed by atoms with Gasteiger partial charge >= 0.3 is 0 Å². The molecule has 5 atom stereocenters. The summed E-state index contributed by atoms with van der Waals surface area (Å²) in [4.78, 5) is 0. The van der Waals surface area contributed by atoms with Gasteiger partial charge in [0.1, 0.15) is 0 Å². The van der Waals surface area contributed by atoms with Crippen molar-refractivity contribution in [2.24, 2.45) is 29.6 Å². The van der Waals surface area contributed by atoms with Crippen LogP contribution in [-0.4, -0.2) is 0 Å². The van der Waals surface area contributed by atoms with Crippen LogP contribution in [0.1, 0.15) is 66.7 Å². The molecular weight excluding hydrogens is 180 g/mol. The maximum absolute atomic E-state index is 2.49. The summed E-state index contributed by atoms with van der Waals surface area (Å²) in [6.07, 6.45) is 7.17.